The van der Waals surface area contributed by atoms with Gasteiger partial charge in [-0.2, -0.15) is 4.37 Å². The molecule has 5 heteroatoms. The first kappa shape index (κ1) is 5.67. The minimum Gasteiger partial charge on any atom is -0.220 e. The van der Waals surface area contributed by atoms with Gasteiger partial charge in [0.25, 0.3) is 0 Å². The quantitative estimate of drug-likeness (QED) is 0.560. The van der Waals surface area contributed by atoms with Gasteiger partial charge in [-0.15, -0.1) is 10.2 Å². The van der Waals surface area contributed by atoms with Gasteiger partial charge in [-0.25, -0.2) is 4.98 Å². The highest BCUT2D eigenvalue weighted by atomic mass is 32.1. The Bertz CT molecular complexity index is 355. The normalized spacial score (nSPS) is 10.5. The molecule has 2 aromatic rings. The third-order valence-corrected chi connectivity index (χ3v) is 2.04. The molecule has 0 aliphatic rings. The van der Waals surface area contributed by atoms with Crippen LogP contribution in [0.2, 0.25) is 0 Å². The number of nitrogens with zero attached hydrogens (tertiary/aromatic N) is 4. The standard InChI is InChI=1S/C5H4N4S/c1-3-4-5(10-9-3)6-2-7-8-4/h2H,1H3. The Labute approximate surface area is 61.1 Å². The molecule has 0 N–H and O–H groups in total. The van der Waals surface area contributed by atoms with Crippen molar-refractivity contribution in [3.8, 4) is 0 Å². The zero-order valence-electron chi connectivity index (χ0n) is 5.27. The van der Waals surface area contributed by atoms with Gasteiger partial charge in [0.15, 0.2) is 4.83 Å². The van der Waals surface area contributed by atoms with Crippen molar-refractivity contribution in [2.24, 2.45) is 0 Å². The maximum Gasteiger partial charge on any atom is 0.165 e. The largest absolute Gasteiger partial charge is 0.220 e. The number of hydrogen-bond donors (Lipinski definition) is 0. The van der Waals surface area contributed by atoms with E-state index in [0.29, 0.717) is 0 Å². The maximum atomic E-state index is 4.07. The number of aromatic nitrogens is 4. The minimum absolute atomic E-state index is 0.813. The third-order valence-electron chi connectivity index (χ3n) is 1.20. The lowest BCUT2D eigenvalue weighted by molar-refractivity contribution is 1.02. The average Bonchev–Trinajstić information content (AvgIpc) is 2.34. The molecular formula is C5H4N4S. The van der Waals surface area contributed by atoms with Crippen LogP contribution in [0.5, 0.6) is 0 Å². The van der Waals surface area contributed by atoms with Crippen LogP contribution in [0, 0.1) is 6.92 Å². The summed E-state index contributed by atoms with van der Waals surface area (Å²) in [6.45, 7) is 1.90. The van der Waals surface area contributed by atoms with Crippen LogP contribution in [0.15, 0.2) is 6.33 Å². The first-order valence-corrected chi connectivity index (χ1v) is 3.55. The third kappa shape index (κ3) is 0.672. The SMILES string of the molecule is Cc1nsc2ncnnc12. The van der Waals surface area contributed by atoms with E-state index in [4.69, 9.17) is 0 Å². The molecule has 0 unspecified atom stereocenters. The molecule has 2 rings (SSSR count). The summed E-state index contributed by atoms with van der Waals surface area (Å²) in [6.07, 6.45) is 1.43. The molecule has 0 saturated heterocycles. The van der Waals surface area contributed by atoms with Crippen LogP contribution in [0.3, 0.4) is 0 Å². The van der Waals surface area contributed by atoms with E-state index in [0.717, 1.165) is 16.0 Å². The van der Waals surface area contributed by atoms with Crippen LogP contribution >= 0.6 is 11.5 Å². The molecule has 0 amide bonds. The number of hydrogen-bond acceptors (Lipinski definition) is 5. The zero-order chi connectivity index (χ0) is 6.97. The highest BCUT2D eigenvalue weighted by Crippen LogP contribution is 2.14. The van der Waals surface area contributed by atoms with E-state index in [9.17, 15) is 0 Å². The van der Waals surface area contributed by atoms with Gasteiger partial charge in [-0.1, -0.05) is 0 Å². The first-order chi connectivity index (χ1) is 4.88. The maximum absolute atomic E-state index is 4.07. The van der Waals surface area contributed by atoms with Crippen LogP contribution in [-0.4, -0.2) is 19.6 Å². The topological polar surface area (TPSA) is 51.6 Å². The molecule has 50 valence electrons. The summed E-state index contributed by atoms with van der Waals surface area (Å²) in [5.74, 6) is 0. The lowest BCUT2D eigenvalue weighted by atomic mass is 10.4. The Balaban J connectivity index is 2.93. The number of aryl methyl sites for hydroxylation is 1. The van der Waals surface area contributed by atoms with Crippen LogP contribution in [-0.2, 0) is 0 Å². The molecule has 4 nitrogen and oxygen atoms in total. The molecule has 0 aliphatic carbocycles. The average molecular weight is 152 g/mol. The highest BCUT2D eigenvalue weighted by molar-refractivity contribution is 7.12. The number of rotatable bonds is 0. The molecule has 0 radical (unpaired) electrons. The molecule has 0 saturated carbocycles. The zero-order valence-corrected chi connectivity index (χ0v) is 6.09. The summed E-state index contributed by atoms with van der Waals surface area (Å²) in [4.78, 5) is 4.84. The van der Waals surface area contributed by atoms with Crippen LogP contribution in [0.25, 0.3) is 10.3 Å². The molecule has 0 fully saturated rings. The van der Waals surface area contributed by atoms with E-state index in [1.807, 2.05) is 6.92 Å². The lowest BCUT2D eigenvalue weighted by Crippen LogP contribution is -1.82. The van der Waals surface area contributed by atoms with Crippen LogP contribution in [0.4, 0.5) is 0 Å². The molecule has 0 atom stereocenters. The van der Waals surface area contributed by atoms with E-state index in [1.54, 1.807) is 0 Å². The minimum atomic E-state index is 0.813. The summed E-state index contributed by atoms with van der Waals surface area (Å²) in [6, 6.07) is 0. The van der Waals surface area contributed by atoms with Gasteiger partial charge >= 0.3 is 0 Å². The van der Waals surface area contributed by atoms with E-state index in [1.165, 1.54) is 17.9 Å². The molecule has 0 bridgehead atoms. The Hall–Kier alpha value is -1.10. The second-order valence-corrected chi connectivity index (χ2v) is 2.63. The van der Waals surface area contributed by atoms with E-state index in [2.05, 4.69) is 19.6 Å². The number of fused-ring (bicyclic) bond motifs is 1. The van der Waals surface area contributed by atoms with Crippen LogP contribution in [0.1, 0.15) is 5.69 Å². The fourth-order valence-corrected chi connectivity index (χ4v) is 1.39. The lowest BCUT2D eigenvalue weighted by Gasteiger charge is -1.81. The summed E-state index contributed by atoms with van der Waals surface area (Å²) < 4.78 is 4.07. The molecule has 10 heavy (non-hydrogen) atoms. The van der Waals surface area contributed by atoms with Crippen LogP contribution < -0.4 is 0 Å². The van der Waals surface area contributed by atoms with Gasteiger partial charge in [0.1, 0.15) is 11.8 Å². The molecule has 0 aromatic carbocycles. The van der Waals surface area contributed by atoms with E-state index >= 15 is 0 Å². The summed E-state index contributed by atoms with van der Waals surface area (Å²) in [5.41, 5.74) is 1.72. The van der Waals surface area contributed by atoms with Crippen molar-refractivity contribution in [1.29, 1.82) is 0 Å². The van der Waals surface area contributed by atoms with Crippen molar-refractivity contribution in [1.82, 2.24) is 19.6 Å². The predicted molar refractivity (Wildman–Crippen MR) is 37.7 cm³/mol. The Morgan fingerprint density at radius 3 is 3.20 bits per heavy atom. The Kier molecular flexibility index (Phi) is 1.10. The summed E-state index contributed by atoms with van der Waals surface area (Å²) in [5, 5.41) is 7.53. The molecule has 2 aromatic heterocycles. The smallest absolute Gasteiger partial charge is 0.165 e. The Morgan fingerprint density at radius 1 is 1.50 bits per heavy atom. The predicted octanol–water partition coefficient (Wildman–Crippen LogP) is 0.790. The second-order valence-electron chi connectivity index (χ2n) is 1.88. The fraction of sp³-hybridized carbons (Fsp3) is 0.200. The fourth-order valence-electron chi connectivity index (χ4n) is 0.715. The van der Waals surface area contributed by atoms with Crippen molar-refractivity contribution in [3.05, 3.63) is 12.0 Å². The van der Waals surface area contributed by atoms with Gasteiger partial charge in [0, 0.05) is 0 Å². The molecule has 0 spiro atoms. The van der Waals surface area contributed by atoms with Gasteiger partial charge in [0.05, 0.1) is 5.69 Å². The van der Waals surface area contributed by atoms with E-state index in [-0.39, 0.29) is 0 Å². The highest BCUT2D eigenvalue weighted by Gasteiger charge is 2.01. The van der Waals surface area contributed by atoms with Crippen molar-refractivity contribution in [2.75, 3.05) is 0 Å². The molecule has 2 heterocycles. The van der Waals surface area contributed by atoms with Crippen molar-refractivity contribution in [2.45, 2.75) is 6.92 Å². The summed E-state index contributed by atoms with van der Waals surface area (Å²) in [7, 11) is 0. The van der Waals surface area contributed by atoms with Gasteiger partial charge in [-0.05, 0) is 18.5 Å². The Morgan fingerprint density at radius 2 is 2.40 bits per heavy atom. The van der Waals surface area contributed by atoms with Crippen molar-refractivity contribution < 1.29 is 0 Å². The van der Waals surface area contributed by atoms with Gasteiger partial charge in [-0.3, -0.25) is 0 Å². The molecular weight excluding hydrogens is 148 g/mol. The summed E-state index contributed by atoms with van der Waals surface area (Å²) >= 11 is 1.35. The van der Waals surface area contributed by atoms with Gasteiger partial charge < -0.3 is 0 Å². The first-order valence-electron chi connectivity index (χ1n) is 2.77. The molecule has 0 aliphatic heterocycles. The van der Waals surface area contributed by atoms with Crippen molar-refractivity contribution >= 4 is 21.9 Å². The second kappa shape index (κ2) is 1.95. The van der Waals surface area contributed by atoms with E-state index < -0.39 is 0 Å². The monoisotopic (exact) mass is 152 g/mol. The van der Waals surface area contributed by atoms with Gasteiger partial charge in [0.2, 0.25) is 0 Å². The van der Waals surface area contributed by atoms with Crippen molar-refractivity contribution in [3.63, 3.8) is 0 Å².